The predicted octanol–water partition coefficient (Wildman–Crippen LogP) is 3.20. The highest BCUT2D eigenvalue weighted by atomic mass is 35.5. The molecule has 0 bridgehead atoms. The van der Waals surface area contributed by atoms with Crippen molar-refractivity contribution in [2.24, 2.45) is 0 Å². The summed E-state index contributed by atoms with van der Waals surface area (Å²) < 4.78 is 0. The van der Waals surface area contributed by atoms with Gasteiger partial charge >= 0.3 is 0 Å². The second-order valence-electron chi connectivity index (χ2n) is 5.64. The van der Waals surface area contributed by atoms with Crippen molar-refractivity contribution >= 4 is 29.0 Å². The minimum atomic E-state index is -0.300. The second kappa shape index (κ2) is 5.17. The summed E-state index contributed by atoms with van der Waals surface area (Å²) in [5, 5.41) is 10.1. The number of nitrogens with two attached hydrogens (primary N) is 1. The van der Waals surface area contributed by atoms with Gasteiger partial charge < -0.3 is 11.1 Å². The number of carbonyl (C=O) groups is 1. The molecule has 1 heterocycles. The number of rotatable bonds is 2. The van der Waals surface area contributed by atoms with E-state index in [9.17, 15) is 4.79 Å². The highest BCUT2D eigenvalue weighted by molar-refractivity contribution is 6.31. The molecular weight excluding hydrogens is 276 g/mol. The number of H-pyrrole nitrogens is 1. The SMILES string of the molecule is CC(C)(C)c1cc(NC(=O)c2cc(N)cc(Cl)c2)n[nH]1. The number of anilines is 2. The van der Waals surface area contributed by atoms with Crippen LogP contribution in [0.5, 0.6) is 0 Å². The Kier molecular flexibility index (Phi) is 3.72. The van der Waals surface area contributed by atoms with Crippen LogP contribution in [0.1, 0.15) is 36.8 Å². The summed E-state index contributed by atoms with van der Waals surface area (Å²) in [6, 6.07) is 6.53. The maximum Gasteiger partial charge on any atom is 0.256 e. The molecule has 6 heteroatoms. The van der Waals surface area contributed by atoms with E-state index in [1.165, 1.54) is 0 Å². The Morgan fingerprint density at radius 2 is 2.00 bits per heavy atom. The minimum absolute atomic E-state index is 0.0591. The van der Waals surface area contributed by atoms with Gasteiger partial charge in [-0.1, -0.05) is 32.4 Å². The fourth-order valence-corrected chi connectivity index (χ4v) is 1.95. The van der Waals surface area contributed by atoms with E-state index in [1.807, 2.05) is 6.07 Å². The number of nitrogen functional groups attached to an aromatic ring is 1. The van der Waals surface area contributed by atoms with Crippen LogP contribution in [0.2, 0.25) is 5.02 Å². The van der Waals surface area contributed by atoms with Gasteiger partial charge in [0.05, 0.1) is 0 Å². The molecule has 4 N–H and O–H groups in total. The number of nitrogens with zero attached hydrogens (tertiary/aromatic N) is 1. The lowest BCUT2D eigenvalue weighted by Gasteiger charge is -2.14. The van der Waals surface area contributed by atoms with E-state index >= 15 is 0 Å². The van der Waals surface area contributed by atoms with Gasteiger partial charge in [0, 0.05) is 33.4 Å². The van der Waals surface area contributed by atoms with Crippen molar-refractivity contribution in [1.82, 2.24) is 10.2 Å². The van der Waals surface area contributed by atoms with E-state index in [0.717, 1.165) is 5.69 Å². The van der Waals surface area contributed by atoms with Gasteiger partial charge in [0.2, 0.25) is 0 Å². The van der Waals surface area contributed by atoms with Crippen molar-refractivity contribution in [2.75, 3.05) is 11.1 Å². The van der Waals surface area contributed by atoms with E-state index < -0.39 is 0 Å². The van der Waals surface area contributed by atoms with Crippen LogP contribution < -0.4 is 11.1 Å². The molecule has 0 aliphatic heterocycles. The molecule has 2 aromatic rings. The summed E-state index contributed by atoms with van der Waals surface area (Å²) in [6.07, 6.45) is 0. The van der Waals surface area contributed by atoms with Crippen molar-refractivity contribution in [2.45, 2.75) is 26.2 Å². The molecular formula is C14H17ClN4O. The number of aromatic nitrogens is 2. The number of aromatic amines is 1. The van der Waals surface area contributed by atoms with Gasteiger partial charge in [-0.05, 0) is 18.2 Å². The van der Waals surface area contributed by atoms with Gasteiger partial charge in [-0.2, -0.15) is 5.10 Å². The molecule has 2 rings (SSSR count). The predicted molar refractivity (Wildman–Crippen MR) is 81.1 cm³/mol. The van der Waals surface area contributed by atoms with Crippen LogP contribution in [-0.2, 0) is 5.41 Å². The summed E-state index contributed by atoms with van der Waals surface area (Å²) in [5.74, 6) is 0.171. The van der Waals surface area contributed by atoms with Crippen LogP contribution in [-0.4, -0.2) is 16.1 Å². The number of nitrogens with one attached hydrogen (secondary N) is 2. The smallest absolute Gasteiger partial charge is 0.256 e. The molecule has 0 saturated heterocycles. The first-order valence-corrected chi connectivity index (χ1v) is 6.57. The lowest BCUT2D eigenvalue weighted by atomic mass is 9.92. The van der Waals surface area contributed by atoms with Gasteiger partial charge in [-0.25, -0.2) is 0 Å². The number of benzene rings is 1. The lowest BCUT2D eigenvalue weighted by Crippen LogP contribution is -2.13. The van der Waals surface area contributed by atoms with Crippen LogP contribution in [0.25, 0.3) is 0 Å². The Morgan fingerprint density at radius 3 is 2.55 bits per heavy atom. The molecule has 0 aliphatic carbocycles. The third kappa shape index (κ3) is 3.30. The summed E-state index contributed by atoms with van der Waals surface area (Å²) in [6.45, 7) is 6.18. The highest BCUT2D eigenvalue weighted by Crippen LogP contribution is 2.22. The fourth-order valence-electron chi connectivity index (χ4n) is 1.70. The standard InChI is InChI=1S/C14H17ClN4O/c1-14(2,3)11-7-12(19-18-11)17-13(20)8-4-9(15)6-10(16)5-8/h4-7H,16H2,1-3H3,(H2,17,18,19,20). The van der Waals surface area contributed by atoms with E-state index in [1.54, 1.807) is 18.2 Å². The average molecular weight is 293 g/mol. The highest BCUT2D eigenvalue weighted by Gasteiger charge is 2.17. The number of amides is 1. The Balaban J connectivity index is 2.17. The van der Waals surface area contributed by atoms with Crippen molar-refractivity contribution in [3.8, 4) is 0 Å². The molecule has 1 aromatic carbocycles. The van der Waals surface area contributed by atoms with E-state index in [2.05, 4.69) is 36.3 Å². The van der Waals surface area contributed by atoms with Crippen LogP contribution in [0.3, 0.4) is 0 Å². The third-order valence-electron chi connectivity index (χ3n) is 2.81. The van der Waals surface area contributed by atoms with E-state index in [-0.39, 0.29) is 11.3 Å². The van der Waals surface area contributed by atoms with Gasteiger partial charge in [-0.3, -0.25) is 9.89 Å². The number of hydrogen-bond donors (Lipinski definition) is 3. The molecule has 0 saturated carbocycles. The topological polar surface area (TPSA) is 83.8 Å². The zero-order valence-corrected chi connectivity index (χ0v) is 12.4. The van der Waals surface area contributed by atoms with Crippen LogP contribution in [0, 0.1) is 0 Å². The first kappa shape index (κ1) is 14.4. The van der Waals surface area contributed by atoms with Gasteiger partial charge in [-0.15, -0.1) is 0 Å². The molecule has 0 unspecified atom stereocenters. The lowest BCUT2D eigenvalue weighted by molar-refractivity contribution is 0.102. The second-order valence-corrected chi connectivity index (χ2v) is 6.08. The molecule has 5 nitrogen and oxygen atoms in total. The number of carbonyl (C=O) groups excluding carboxylic acids is 1. The zero-order chi connectivity index (χ0) is 14.9. The molecule has 1 amide bonds. The normalized spacial score (nSPS) is 11.4. The van der Waals surface area contributed by atoms with E-state index in [0.29, 0.717) is 22.1 Å². The largest absolute Gasteiger partial charge is 0.399 e. The maximum absolute atomic E-state index is 12.1. The minimum Gasteiger partial charge on any atom is -0.399 e. The summed E-state index contributed by atoms with van der Waals surface area (Å²) in [4.78, 5) is 12.1. The molecule has 0 spiro atoms. The monoisotopic (exact) mass is 292 g/mol. The quantitative estimate of drug-likeness (QED) is 0.743. The summed E-state index contributed by atoms with van der Waals surface area (Å²) >= 11 is 5.88. The molecule has 0 radical (unpaired) electrons. The van der Waals surface area contributed by atoms with Crippen molar-refractivity contribution in [3.05, 3.63) is 40.5 Å². The number of halogens is 1. The first-order chi connectivity index (χ1) is 9.25. The van der Waals surface area contributed by atoms with Gasteiger partial charge in [0.15, 0.2) is 5.82 Å². The summed E-state index contributed by atoms with van der Waals surface area (Å²) in [5.41, 5.74) is 7.39. The number of hydrogen-bond acceptors (Lipinski definition) is 3. The Bertz CT molecular complexity index is 623. The molecule has 0 atom stereocenters. The maximum atomic E-state index is 12.1. The fraction of sp³-hybridized carbons (Fsp3) is 0.286. The average Bonchev–Trinajstić information content (AvgIpc) is 2.75. The zero-order valence-electron chi connectivity index (χ0n) is 11.6. The van der Waals surface area contributed by atoms with Crippen LogP contribution >= 0.6 is 11.6 Å². The molecule has 1 aromatic heterocycles. The molecule has 0 fully saturated rings. The van der Waals surface area contributed by atoms with Gasteiger partial charge in [0.25, 0.3) is 5.91 Å². The van der Waals surface area contributed by atoms with Crippen molar-refractivity contribution in [3.63, 3.8) is 0 Å². The Morgan fingerprint density at radius 1 is 1.30 bits per heavy atom. The Labute approximate surface area is 122 Å². The van der Waals surface area contributed by atoms with Crippen molar-refractivity contribution < 1.29 is 4.79 Å². The summed E-state index contributed by atoms with van der Waals surface area (Å²) in [7, 11) is 0. The van der Waals surface area contributed by atoms with Crippen molar-refractivity contribution in [1.29, 1.82) is 0 Å². The molecule has 0 aliphatic rings. The van der Waals surface area contributed by atoms with Gasteiger partial charge in [0.1, 0.15) is 0 Å². The first-order valence-electron chi connectivity index (χ1n) is 6.19. The Hall–Kier alpha value is -2.01. The van der Waals surface area contributed by atoms with Crippen LogP contribution in [0.15, 0.2) is 24.3 Å². The van der Waals surface area contributed by atoms with E-state index in [4.69, 9.17) is 17.3 Å². The van der Waals surface area contributed by atoms with Crippen LogP contribution in [0.4, 0.5) is 11.5 Å². The third-order valence-corrected chi connectivity index (χ3v) is 3.03. The molecule has 106 valence electrons. The molecule has 20 heavy (non-hydrogen) atoms.